The van der Waals surface area contributed by atoms with E-state index in [0.29, 0.717) is 18.1 Å². The number of ether oxygens (including phenoxy) is 2. The first kappa shape index (κ1) is 17.6. The summed E-state index contributed by atoms with van der Waals surface area (Å²) in [6, 6.07) is 5.55. The molecule has 118 valence electrons. The normalized spacial score (nSPS) is 20.5. The van der Waals surface area contributed by atoms with Crippen LogP contribution in [0.4, 0.5) is 5.69 Å². The second kappa shape index (κ2) is 8.10. The van der Waals surface area contributed by atoms with E-state index < -0.39 is 0 Å². The van der Waals surface area contributed by atoms with E-state index in [1.807, 2.05) is 13.0 Å². The zero-order valence-corrected chi connectivity index (χ0v) is 13.2. The summed E-state index contributed by atoms with van der Waals surface area (Å²) in [5, 5.41) is 2.92. The summed E-state index contributed by atoms with van der Waals surface area (Å²) in [4.78, 5) is 12.1. The van der Waals surface area contributed by atoms with Gasteiger partial charge in [-0.3, -0.25) is 4.79 Å². The van der Waals surface area contributed by atoms with Gasteiger partial charge in [-0.25, -0.2) is 0 Å². The number of methoxy groups -OCH3 is 1. The lowest BCUT2D eigenvalue weighted by atomic mass is 10.1. The van der Waals surface area contributed by atoms with Crippen molar-refractivity contribution in [2.24, 2.45) is 11.7 Å². The van der Waals surface area contributed by atoms with Crippen molar-refractivity contribution < 1.29 is 14.3 Å². The van der Waals surface area contributed by atoms with Gasteiger partial charge in [0.1, 0.15) is 0 Å². The second-order valence-electron chi connectivity index (χ2n) is 5.06. The van der Waals surface area contributed by atoms with Crippen molar-refractivity contribution in [1.82, 2.24) is 0 Å². The first-order valence-corrected chi connectivity index (χ1v) is 7.01. The van der Waals surface area contributed by atoms with E-state index in [9.17, 15) is 4.79 Å². The van der Waals surface area contributed by atoms with Crippen LogP contribution in [0.1, 0.15) is 26.2 Å². The van der Waals surface area contributed by atoms with Gasteiger partial charge in [-0.15, -0.1) is 12.4 Å². The van der Waals surface area contributed by atoms with Gasteiger partial charge >= 0.3 is 0 Å². The maximum atomic E-state index is 12.1. The standard InChI is InChI=1S/C15H22N2O3.ClH/c1-3-20-14-9-12(6-7-13(14)19-2)17-15(18)10-4-5-11(16)8-10;/h6-7,9-11H,3-5,8,16H2,1-2H3,(H,17,18);1H. The highest BCUT2D eigenvalue weighted by molar-refractivity contribution is 5.93. The average molecular weight is 315 g/mol. The van der Waals surface area contributed by atoms with Crippen LogP contribution in [0.2, 0.25) is 0 Å². The van der Waals surface area contributed by atoms with E-state index in [1.54, 1.807) is 19.2 Å². The zero-order chi connectivity index (χ0) is 14.5. The molecule has 0 saturated heterocycles. The number of amides is 1. The number of hydrogen-bond donors (Lipinski definition) is 2. The summed E-state index contributed by atoms with van der Waals surface area (Å²) >= 11 is 0. The van der Waals surface area contributed by atoms with Crippen molar-refractivity contribution >= 4 is 24.0 Å². The fraction of sp³-hybridized carbons (Fsp3) is 0.533. The van der Waals surface area contributed by atoms with Crippen LogP contribution in [-0.4, -0.2) is 25.7 Å². The third kappa shape index (κ3) is 4.51. The highest BCUT2D eigenvalue weighted by atomic mass is 35.5. The first-order chi connectivity index (χ1) is 9.63. The smallest absolute Gasteiger partial charge is 0.227 e. The molecule has 1 saturated carbocycles. The minimum atomic E-state index is 0. The molecule has 2 rings (SSSR count). The second-order valence-corrected chi connectivity index (χ2v) is 5.06. The maximum Gasteiger partial charge on any atom is 0.227 e. The van der Waals surface area contributed by atoms with Crippen molar-refractivity contribution in [1.29, 1.82) is 0 Å². The Morgan fingerprint density at radius 1 is 1.38 bits per heavy atom. The molecule has 1 aromatic rings. The van der Waals surface area contributed by atoms with Gasteiger partial charge in [0.25, 0.3) is 0 Å². The highest BCUT2D eigenvalue weighted by Gasteiger charge is 2.27. The number of carbonyl (C=O) groups excluding carboxylic acids is 1. The van der Waals surface area contributed by atoms with Crippen LogP contribution in [0.5, 0.6) is 11.5 Å². The number of rotatable bonds is 5. The number of nitrogens with two attached hydrogens (primary N) is 1. The van der Waals surface area contributed by atoms with Crippen LogP contribution in [0.15, 0.2) is 18.2 Å². The van der Waals surface area contributed by atoms with Gasteiger partial charge in [0.05, 0.1) is 13.7 Å². The van der Waals surface area contributed by atoms with Crippen LogP contribution in [-0.2, 0) is 4.79 Å². The maximum absolute atomic E-state index is 12.1. The topological polar surface area (TPSA) is 73.6 Å². The molecule has 1 amide bonds. The fourth-order valence-corrected chi connectivity index (χ4v) is 2.52. The summed E-state index contributed by atoms with van der Waals surface area (Å²) in [7, 11) is 1.59. The van der Waals surface area contributed by atoms with Gasteiger partial charge in [-0.1, -0.05) is 0 Å². The molecule has 6 heteroatoms. The molecule has 1 aliphatic rings. The summed E-state index contributed by atoms with van der Waals surface area (Å²) < 4.78 is 10.7. The van der Waals surface area contributed by atoms with Crippen molar-refractivity contribution in [2.75, 3.05) is 19.0 Å². The van der Waals surface area contributed by atoms with E-state index in [1.165, 1.54) is 0 Å². The molecule has 2 atom stereocenters. The number of carbonyl (C=O) groups is 1. The van der Waals surface area contributed by atoms with Crippen molar-refractivity contribution in [3.05, 3.63) is 18.2 Å². The minimum Gasteiger partial charge on any atom is -0.493 e. The Balaban J connectivity index is 0.00000220. The monoisotopic (exact) mass is 314 g/mol. The molecule has 0 spiro atoms. The Bertz CT molecular complexity index is 482. The van der Waals surface area contributed by atoms with Gasteiger partial charge in [0.15, 0.2) is 11.5 Å². The number of halogens is 1. The fourth-order valence-electron chi connectivity index (χ4n) is 2.52. The van der Waals surface area contributed by atoms with E-state index >= 15 is 0 Å². The van der Waals surface area contributed by atoms with Crippen LogP contribution in [0.25, 0.3) is 0 Å². The lowest BCUT2D eigenvalue weighted by Gasteiger charge is -2.14. The summed E-state index contributed by atoms with van der Waals surface area (Å²) in [5.41, 5.74) is 6.56. The van der Waals surface area contributed by atoms with Gasteiger partial charge in [0.2, 0.25) is 5.91 Å². The van der Waals surface area contributed by atoms with Crippen LogP contribution in [0.3, 0.4) is 0 Å². The Labute approximate surface area is 131 Å². The number of nitrogens with one attached hydrogen (secondary N) is 1. The lowest BCUT2D eigenvalue weighted by Crippen LogP contribution is -2.23. The molecule has 2 unspecified atom stereocenters. The number of hydrogen-bond acceptors (Lipinski definition) is 4. The van der Waals surface area contributed by atoms with Crippen molar-refractivity contribution in [3.8, 4) is 11.5 Å². The summed E-state index contributed by atoms with van der Waals surface area (Å²) in [5.74, 6) is 1.34. The molecule has 0 bridgehead atoms. The van der Waals surface area contributed by atoms with Crippen LogP contribution in [0, 0.1) is 5.92 Å². The Morgan fingerprint density at radius 2 is 2.14 bits per heavy atom. The zero-order valence-electron chi connectivity index (χ0n) is 12.4. The Morgan fingerprint density at radius 3 is 2.71 bits per heavy atom. The molecule has 5 nitrogen and oxygen atoms in total. The van der Waals surface area contributed by atoms with Gasteiger partial charge in [-0.2, -0.15) is 0 Å². The molecular weight excluding hydrogens is 292 g/mol. The quantitative estimate of drug-likeness (QED) is 0.876. The Kier molecular flexibility index (Phi) is 6.78. The lowest BCUT2D eigenvalue weighted by molar-refractivity contribution is -0.119. The number of benzene rings is 1. The van der Waals surface area contributed by atoms with E-state index in [0.717, 1.165) is 24.9 Å². The molecule has 1 aliphatic carbocycles. The average Bonchev–Trinajstić information content (AvgIpc) is 2.86. The third-order valence-corrected chi connectivity index (χ3v) is 3.57. The minimum absolute atomic E-state index is 0. The van der Waals surface area contributed by atoms with Gasteiger partial charge < -0.3 is 20.5 Å². The predicted octanol–water partition coefficient (Wildman–Crippen LogP) is 2.58. The molecule has 21 heavy (non-hydrogen) atoms. The Hall–Kier alpha value is -1.46. The molecule has 0 heterocycles. The van der Waals surface area contributed by atoms with E-state index in [-0.39, 0.29) is 30.3 Å². The van der Waals surface area contributed by atoms with E-state index in [2.05, 4.69) is 5.32 Å². The van der Waals surface area contributed by atoms with Crippen molar-refractivity contribution in [2.45, 2.75) is 32.2 Å². The van der Waals surface area contributed by atoms with E-state index in [4.69, 9.17) is 15.2 Å². The molecular formula is C15H23ClN2O3. The molecule has 0 aromatic heterocycles. The summed E-state index contributed by atoms with van der Waals surface area (Å²) in [6.45, 7) is 2.45. The summed E-state index contributed by atoms with van der Waals surface area (Å²) in [6.07, 6.45) is 2.55. The van der Waals surface area contributed by atoms with Gasteiger partial charge in [0, 0.05) is 23.7 Å². The SMILES string of the molecule is CCOc1cc(NC(=O)C2CCC(N)C2)ccc1OC.Cl. The van der Waals surface area contributed by atoms with Crippen LogP contribution >= 0.6 is 12.4 Å². The molecule has 3 N–H and O–H groups in total. The largest absolute Gasteiger partial charge is 0.493 e. The third-order valence-electron chi connectivity index (χ3n) is 3.57. The highest BCUT2D eigenvalue weighted by Crippen LogP contribution is 2.31. The molecule has 1 fully saturated rings. The molecule has 1 aromatic carbocycles. The number of anilines is 1. The van der Waals surface area contributed by atoms with Crippen molar-refractivity contribution in [3.63, 3.8) is 0 Å². The first-order valence-electron chi connectivity index (χ1n) is 7.01. The molecule has 0 aliphatic heterocycles. The van der Waals surface area contributed by atoms with Gasteiger partial charge in [-0.05, 0) is 38.3 Å². The van der Waals surface area contributed by atoms with Crippen LogP contribution < -0.4 is 20.5 Å². The predicted molar refractivity (Wildman–Crippen MR) is 85.4 cm³/mol. The molecule has 0 radical (unpaired) electrons.